The zero-order valence-electron chi connectivity index (χ0n) is 10.1. The van der Waals surface area contributed by atoms with Gasteiger partial charge in [-0.15, -0.1) is 0 Å². The summed E-state index contributed by atoms with van der Waals surface area (Å²) < 4.78 is 5.98. The molecule has 0 aromatic carbocycles. The minimum atomic E-state index is 0.270. The van der Waals surface area contributed by atoms with Crippen LogP contribution in [0.15, 0.2) is 12.4 Å². The van der Waals surface area contributed by atoms with E-state index in [1.165, 1.54) is 25.7 Å². The highest BCUT2D eigenvalue weighted by Crippen LogP contribution is 2.36. The quantitative estimate of drug-likeness (QED) is 0.866. The van der Waals surface area contributed by atoms with Crippen LogP contribution in [0.2, 0.25) is 0 Å². The lowest BCUT2D eigenvalue weighted by molar-refractivity contribution is 0.209. The van der Waals surface area contributed by atoms with E-state index in [1.807, 2.05) is 0 Å². The van der Waals surface area contributed by atoms with Crippen molar-refractivity contribution < 1.29 is 4.74 Å². The molecule has 17 heavy (non-hydrogen) atoms. The molecule has 0 spiro atoms. The molecule has 3 rings (SSSR count). The van der Waals surface area contributed by atoms with E-state index >= 15 is 0 Å². The number of hydrogen-bond donors (Lipinski definition) is 1. The zero-order valence-corrected chi connectivity index (χ0v) is 10.1. The molecule has 0 bridgehead atoms. The largest absolute Gasteiger partial charge is 0.472 e. The van der Waals surface area contributed by atoms with Crippen LogP contribution >= 0.6 is 0 Å². The third kappa shape index (κ3) is 2.41. The third-order valence-corrected chi connectivity index (χ3v) is 3.73. The highest BCUT2D eigenvalue weighted by Gasteiger charge is 2.25. The summed E-state index contributed by atoms with van der Waals surface area (Å²) in [5, 5.41) is 3.31. The van der Waals surface area contributed by atoms with Gasteiger partial charge in [0.05, 0.1) is 0 Å². The van der Waals surface area contributed by atoms with E-state index in [2.05, 4.69) is 15.3 Å². The van der Waals surface area contributed by atoms with Gasteiger partial charge in [-0.3, -0.25) is 4.98 Å². The Morgan fingerprint density at radius 1 is 1.12 bits per heavy atom. The Morgan fingerprint density at radius 3 is 2.71 bits per heavy atom. The van der Waals surface area contributed by atoms with Crippen molar-refractivity contribution in [3.63, 3.8) is 0 Å². The molecule has 1 N–H and O–H groups in total. The minimum Gasteiger partial charge on any atom is -0.472 e. The maximum absolute atomic E-state index is 5.98. The second-order valence-electron chi connectivity index (χ2n) is 4.96. The monoisotopic (exact) mass is 233 g/mol. The van der Waals surface area contributed by atoms with E-state index < -0.39 is 0 Å². The van der Waals surface area contributed by atoms with Crippen molar-refractivity contribution in [2.24, 2.45) is 0 Å². The Kier molecular flexibility index (Phi) is 3.22. The predicted molar refractivity (Wildman–Crippen MR) is 65.1 cm³/mol. The normalized spacial score (nSPS) is 25.3. The summed E-state index contributed by atoms with van der Waals surface area (Å²) in [6, 6.07) is 0. The molecule has 1 aliphatic carbocycles. The molecule has 1 saturated carbocycles. The number of hydrogen-bond acceptors (Lipinski definition) is 4. The maximum atomic E-state index is 5.98. The molecular formula is C13H19N3O. The molecule has 2 aliphatic rings. The van der Waals surface area contributed by atoms with Gasteiger partial charge >= 0.3 is 0 Å². The molecule has 1 aromatic heterocycles. The summed E-state index contributed by atoms with van der Waals surface area (Å²) in [7, 11) is 0. The van der Waals surface area contributed by atoms with Crippen LogP contribution in [0.4, 0.5) is 0 Å². The van der Waals surface area contributed by atoms with E-state index in [-0.39, 0.29) is 6.10 Å². The molecular weight excluding hydrogens is 214 g/mol. The van der Waals surface area contributed by atoms with Gasteiger partial charge in [0.25, 0.3) is 0 Å². The topological polar surface area (TPSA) is 47.0 Å². The lowest BCUT2D eigenvalue weighted by Gasteiger charge is -2.16. The highest BCUT2D eigenvalue weighted by atomic mass is 16.5. The van der Waals surface area contributed by atoms with Gasteiger partial charge in [-0.25, -0.2) is 4.98 Å². The molecule has 2 heterocycles. The second kappa shape index (κ2) is 5.00. The Hall–Kier alpha value is -1.16. The fourth-order valence-corrected chi connectivity index (χ4v) is 2.79. The number of rotatable bonds is 3. The van der Waals surface area contributed by atoms with Crippen LogP contribution < -0.4 is 10.1 Å². The summed E-state index contributed by atoms with van der Waals surface area (Å²) in [6.07, 6.45) is 9.95. The van der Waals surface area contributed by atoms with Gasteiger partial charge in [0, 0.05) is 24.9 Å². The van der Waals surface area contributed by atoms with E-state index in [4.69, 9.17) is 4.74 Å². The summed E-state index contributed by atoms with van der Waals surface area (Å²) in [5.74, 6) is 1.33. The summed E-state index contributed by atoms with van der Waals surface area (Å²) >= 11 is 0. The smallest absolute Gasteiger partial charge is 0.236 e. The number of ether oxygens (including phenoxy) is 1. The van der Waals surface area contributed by atoms with E-state index in [1.54, 1.807) is 12.4 Å². The maximum Gasteiger partial charge on any atom is 0.236 e. The fourth-order valence-electron chi connectivity index (χ4n) is 2.79. The van der Waals surface area contributed by atoms with Gasteiger partial charge in [0.2, 0.25) is 5.88 Å². The van der Waals surface area contributed by atoms with Crippen LogP contribution in [0.25, 0.3) is 0 Å². The Morgan fingerprint density at radius 2 is 1.94 bits per heavy atom. The van der Waals surface area contributed by atoms with Crippen LogP contribution in [-0.4, -0.2) is 29.2 Å². The average Bonchev–Trinajstić information content (AvgIpc) is 3.01. The molecule has 1 atom stereocenters. The van der Waals surface area contributed by atoms with E-state index in [0.717, 1.165) is 31.1 Å². The molecule has 2 fully saturated rings. The first-order valence-electron chi connectivity index (χ1n) is 6.62. The number of nitrogens with zero attached hydrogens (tertiary/aromatic N) is 2. The SMILES string of the molecule is c1cnc(C2CCCC2)c(OC2CCNC2)n1. The van der Waals surface area contributed by atoms with E-state index in [9.17, 15) is 0 Å². The molecule has 1 unspecified atom stereocenters. The van der Waals surface area contributed by atoms with Gasteiger partial charge in [-0.2, -0.15) is 0 Å². The van der Waals surface area contributed by atoms with Gasteiger partial charge < -0.3 is 10.1 Å². The molecule has 1 aromatic rings. The van der Waals surface area contributed by atoms with Gasteiger partial charge in [-0.1, -0.05) is 12.8 Å². The van der Waals surface area contributed by atoms with Crippen molar-refractivity contribution in [3.8, 4) is 5.88 Å². The summed E-state index contributed by atoms with van der Waals surface area (Å²) in [4.78, 5) is 8.87. The van der Waals surface area contributed by atoms with Crippen LogP contribution in [-0.2, 0) is 0 Å². The van der Waals surface area contributed by atoms with Crippen LogP contribution in [0.1, 0.15) is 43.7 Å². The van der Waals surface area contributed by atoms with Gasteiger partial charge in [0.1, 0.15) is 11.8 Å². The predicted octanol–water partition coefficient (Wildman–Crippen LogP) is 1.87. The standard InChI is InChI=1S/C13H19N3O/c1-2-4-10(3-1)12-13(16-8-7-15-12)17-11-5-6-14-9-11/h7-8,10-11,14H,1-6,9H2. The minimum absolute atomic E-state index is 0.270. The van der Waals surface area contributed by atoms with Crippen molar-refractivity contribution >= 4 is 0 Å². The molecule has 1 saturated heterocycles. The van der Waals surface area contributed by atoms with Crippen LogP contribution in [0, 0.1) is 0 Å². The third-order valence-electron chi connectivity index (χ3n) is 3.73. The lowest BCUT2D eigenvalue weighted by Crippen LogP contribution is -2.21. The van der Waals surface area contributed by atoms with Gasteiger partial charge in [-0.05, 0) is 25.8 Å². The van der Waals surface area contributed by atoms with Crippen molar-refractivity contribution in [2.45, 2.75) is 44.1 Å². The highest BCUT2D eigenvalue weighted by molar-refractivity contribution is 5.23. The summed E-state index contributed by atoms with van der Waals surface area (Å²) in [5.41, 5.74) is 1.08. The van der Waals surface area contributed by atoms with Crippen molar-refractivity contribution in [1.29, 1.82) is 0 Å². The summed E-state index contributed by atoms with van der Waals surface area (Å²) in [6.45, 7) is 1.98. The van der Waals surface area contributed by atoms with Crippen molar-refractivity contribution in [3.05, 3.63) is 18.1 Å². The number of aromatic nitrogens is 2. The van der Waals surface area contributed by atoms with Gasteiger partial charge in [0.15, 0.2) is 0 Å². The van der Waals surface area contributed by atoms with Crippen molar-refractivity contribution in [1.82, 2.24) is 15.3 Å². The Balaban J connectivity index is 1.77. The first-order valence-corrected chi connectivity index (χ1v) is 6.62. The fraction of sp³-hybridized carbons (Fsp3) is 0.692. The Labute approximate surface area is 102 Å². The first-order chi connectivity index (χ1) is 8.43. The Bertz CT molecular complexity index is 371. The molecule has 0 amide bonds. The van der Waals surface area contributed by atoms with Crippen molar-refractivity contribution in [2.75, 3.05) is 13.1 Å². The lowest BCUT2D eigenvalue weighted by atomic mass is 10.0. The van der Waals surface area contributed by atoms with Crippen LogP contribution in [0.3, 0.4) is 0 Å². The number of nitrogens with one attached hydrogen (secondary N) is 1. The van der Waals surface area contributed by atoms with E-state index in [0.29, 0.717) is 5.92 Å². The zero-order chi connectivity index (χ0) is 11.5. The first kappa shape index (κ1) is 11.0. The average molecular weight is 233 g/mol. The molecule has 92 valence electrons. The second-order valence-corrected chi connectivity index (χ2v) is 4.96. The molecule has 4 nitrogen and oxygen atoms in total. The molecule has 4 heteroatoms. The van der Waals surface area contributed by atoms with Crippen LogP contribution in [0.5, 0.6) is 5.88 Å². The molecule has 0 radical (unpaired) electrons. The molecule has 1 aliphatic heterocycles.